The molecule has 1 fully saturated rings. The van der Waals surface area contributed by atoms with E-state index in [0.717, 1.165) is 38.5 Å². The third-order valence-corrected chi connectivity index (χ3v) is 4.80. The van der Waals surface area contributed by atoms with E-state index in [9.17, 15) is 13.2 Å². The normalized spacial score (nSPS) is 18.7. The molecule has 1 aliphatic carbocycles. The van der Waals surface area contributed by atoms with E-state index < -0.39 is 10.0 Å². The Hall–Kier alpha value is -1.14. The lowest BCUT2D eigenvalue weighted by atomic mass is 9.97. The average molecular weight is 285 g/mol. The van der Waals surface area contributed by atoms with Crippen molar-refractivity contribution in [3.63, 3.8) is 0 Å². The molecule has 0 saturated heterocycles. The lowest BCUT2D eigenvalue weighted by molar-refractivity contribution is 0.109. The molecule has 1 aliphatic rings. The molecule has 1 heterocycles. The maximum atomic E-state index is 12.1. The molecule has 1 aromatic rings. The fourth-order valence-electron chi connectivity index (χ4n) is 2.39. The molecule has 6 heteroatoms. The van der Waals surface area contributed by atoms with Crippen LogP contribution in [0.2, 0.25) is 0 Å². The van der Waals surface area contributed by atoms with E-state index in [1.807, 2.05) is 0 Å². The Morgan fingerprint density at radius 3 is 2.32 bits per heavy atom. The van der Waals surface area contributed by atoms with Crippen molar-refractivity contribution in [2.24, 2.45) is 0 Å². The van der Waals surface area contributed by atoms with Crippen LogP contribution in [0.5, 0.6) is 0 Å². The summed E-state index contributed by atoms with van der Waals surface area (Å²) in [5, 5.41) is -0.184. The highest BCUT2D eigenvalue weighted by Gasteiger charge is 2.23. The highest BCUT2D eigenvalue weighted by Crippen LogP contribution is 2.20. The SMILES string of the molecule is O=Cc1ccc(S(=O)(=O)NC2CCCCCCC2)o1. The highest BCUT2D eigenvalue weighted by molar-refractivity contribution is 7.89. The van der Waals surface area contributed by atoms with Gasteiger partial charge in [0.05, 0.1) is 0 Å². The van der Waals surface area contributed by atoms with Gasteiger partial charge in [-0.25, -0.2) is 13.1 Å². The van der Waals surface area contributed by atoms with Gasteiger partial charge in [0.15, 0.2) is 12.0 Å². The quantitative estimate of drug-likeness (QED) is 0.862. The predicted octanol–water partition coefficient (Wildman–Crippen LogP) is 2.48. The first-order valence-electron chi connectivity index (χ1n) is 6.69. The van der Waals surface area contributed by atoms with Crippen LogP contribution in [-0.4, -0.2) is 20.7 Å². The smallest absolute Gasteiger partial charge is 0.274 e. The molecule has 0 aromatic carbocycles. The Morgan fingerprint density at radius 1 is 1.11 bits per heavy atom. The molecule has 1 N–H and O–H groups in total. The van der Waals surface area contributed by atoms with Gasteiger partial charge in [-0.2, -0.15) is 0 Å². The maximum absolute atomic E-state index is 12.1. The van der Waals surface area contributed by atoms with Crippen LogP contribution in [0.1, 0.15) is 55.5 Å². The van der Waals surface area contributed by atoms with Gasteiger partial charge in [0, 0.05) is 6.04 Å². The van der Waals surface area contributed by atoms with Crippen LogP contribution in [-0.2, 0) is 10.0 Å². The van der Waals surface area contributed by atoms with Crippen molar-refractivity contribution in [1.29, 1.82) is 0 Å². The molecule has 0 bridgehead atoms. The van der Waals surface area contributed by atoms with Crippen molar-refractivity contribution in [1.82, 2.24) is 4.72 Å². The summed E-state index contributed by atoms with van der Waals surface area (Å²) in [7, 11) is -3.65. The molecule has 2 rings (SSSR count). The maximum Gasteiger partial charge on any atom is 0.274 e. The van der Waals surface area contributed by atoms with Crippen LogP contribution in [0.15, 0.2) is 21.6 Å². The van der Waals surface area contributed by atoms with E-state index in [4.69, 9.17) is 4.42 Å². The van der Waals surface area contributed by atoms with E-state index in [1.165, 1.54) is 18.6 Å². The largest absolute Gasteiger partial charge is 0.440 e. The molecule has 0 amide bonds. The zero-order valence-corrected chi connectivity index (χ0v) is 11.6. The molecular weight excluding hydrogens is 266 g/mol. The lowest BCUT2D eigenvalue weighted by Crippen LogP contribution is -2.35. The first kappa shape index (κ1) is 14.3. The Balaban J connectivity index is 2.04. The van der Waals surface area contributed by atoms with Gasteiger partial charge in [-0.3, -0.25) is 4.79 Å². The van der Waals surface area contributed by atoms with Crippen molar-refractivity contribution in [2.75, 3.05) is 0 Å². The minimum atomic E-state index is -3.65. The van der Waals surface area contributed by atoms with Gasteiger partial charge in [0.25, 0.3) is 10.0 Å². The summed E-state index contributed by atoms with van der Waals surface area (Å²) >= 11 is 0. The predicted molar refractivity (Wildman–Crippen MR) is 70.5 cm³/mol. The van der Waals surface area contributed by atoms with Crippen LogP contribution in [0, 0.1) is 0 Å². The van der Waals surface area contributed by atoms with Crippen LogP contribution in [0.3, 0.4) is 0 Å². The van der Waals surface area contributed by atoms with Gasteiger partial charge >= 0.3 is 0 Å². The van der Waals surface area contributed by atoms with Crippen LogP contribution < -0.4 is 4.72 Å². The monoisotopic (exact) mass is 285 g/mol. The summed E-state index contributed by atoms with van der Waals surface area (Å²) in [4.78, 5) is 10.5. The van der Waals surface area contributed by atoms with E-state index in [0.29, 0.717) is 6.29 Å². The molecular formula is C13H19NO4S. The Labute approximate surface area is 113 Å². The third-order valence-electron chi connectivity index (χ3n) is 3.41. The van der Waals surface area contributed by atoms with Crippen molar-refractivity contribution in [3.8, 4) is 0 Å². The molecule has 0 radical (unpaired) electrons. The second-order valence-electron chi connectivity index (χ2n) is 4.94. The molecule has 0 spiro atoms. The van der Waals surface area contributed by atoms with Gasteiger partial charge in [0.1, 0.15) is 0 Å². The summed E-state index contributed by atoms with van der Waals surface area (Å²) in [6.45, 7) is 0. The average Bonchev–Trinajstić information content (AvgIpc) is 2.82. The molecule has 5 nitrogen and oxygen atoms in total. The Bertz CT molecular complexity index is 513. The Morgan fingerprint density at radius 2 is 1.74 bits per heavy atom. The number of furan rings is 1. The van der Waals surface area contributed by atoms with Gasteiger partial charge in [0.2, 0.25) is 5.09 Å². The van der Waals surface area contributed by atoms with Crippen molar-refractivity contribution in [3.05, 3.63) is 17.9 Å². The topological polar surface area (TPSA) is 76.4 Å². The number of hydrogen-bond donors (Lipinski definition) is 1. The minimum absolute atomic E-state index is 0.0260. The fraction of sp³-hybridized carbons (Fsp3) is 0.615. The molecule has 1 saturated carbocycles. The number of nitrogens with one attached hydrogen (secondary N) is 1. The number of sulfonamides is 1. The zero-order valence-electron chi connectivity index (χ0n) is 10.8. The number of carbonyl (C=O) groups excluding carboxylic acids is 1. The Kier molecular flexibility index (Phi) is 4.76. The highest BCUT2D eigenvalue weighted by atomic mass is 32.2. The van der Waals surface area contributed by atoms with Gasteiger partial charge in [-0.15, -0.1) is 0 Å². The number of hydrogen-bond acceptors (Lipinski definition) is 4. The van der Waals surface area contributed by atoms with E-state index in [1.54, 1.807) is 0 Å². The molecule has 106 valence electrons. The van der Waals surface area contributed by atoms with E-state index >= 15 is 0 Å². The first-order valence-corrected chi connectivity index (χ1v) is 8.17. The molecule has 1 aromatic heterocycles. The number of rotatable bonds is 4. The van der Waals surface area contributed by atoms with Gasteiger partial charge < -0.3 is 4.42 Å². The minimum Gasteiger partial charge on any atom is -0.440 e. The summed E-state index contributed by atoms with van der Waals surface area (Å²) in [5.74, 6) is 0.0260. The van der Waals surface area contributed by atoms with E-state index in [-0.39, 0.29) is 16.9 Å². The number of carbonyl (C=O) groups is 1. The fourth-order valence-corrected chi connectivity index (χ4v) is 3.64. The summed E-state index contributed by atoms with van der Waals surface area (Å²) in [6.07, 6.45) is 7.87. The molecule has 0 unspecified atom stereocenters. The van der Waals surface area contributed by atoms with Crippen molar-refractivity contribution in [2.45, 2.75) is 56.1 Å². The molecule has 19 heavy (non-hydrogen) atoms. The standard InChI is InChI=1S/C13H19NO4S/c15-10-12-8-9-13(18-12)19(16,17)14-11-6-4-2-1-3-5-7-11/h8-11,14H,1-7H2. The molecule has 0 atom stereocenters. The van der Waals surface area contributed by atoms with Gasteiger partial charge in [-0.05, 0) is 25.0 Å². The van der Waals surface area contributed by atoms with Crippen molar-refractivity contribution >= 4 is 16.3 Å². The summed E-state index contributed by atoms with van der Waals surface area (Å²) < 4.78 is 31.9. The van der Waals surface area contributed by atoms with E-state index in [2.05, 4.69) is 4.72 Å². The second-order valence-corrected chi connectivity index (χ2v) is 6.58. The van der Waals surface area contributed by atoms with Crippen molar-refractivity contribution < 1.29 is 17.6 Å². The first-order chi connectivity index (χ1) is 9.12. The van der Waals surface area contributed by atoms with Crippen LogP contribution in [0.25, 0.3) is 0 Å². The number of aldehydes is 1. The second kappa shape index (κ2) is 6.34. The zero-order chi connectivity index (χ0) is 13.7. The van der Waals surface area contributed by atoms with Crippen LogP contribution in [0.4, 0.5) is 0 Å². The molecule has 0 aliphatic heterocycles. The lowest BCUT2D eigenvalue weighted by Gasteiger charge is -2.20. The summed E-state index contributed by atoms with van der Waals surface area (Å²) in [6, 6.07) is 2.64. The third kappa shape index (κ3) is 3.91. The summed E-state index contributed by atoms with van der Waals surface area (Å²) in [5.41, 5.74) is 0. The van der Waals surface area contributed by atoms with Gasteiger partial charge in [-0.1, -0.05) is 32.1 Å². The van der Waals surface area contributed by atoms with Crippen LogP contribution >= 0.6 is 0 Å².